The van der Waals surface area contributed by atoms with E-state index in [0.717, 1.165) is 19.4 Å². The summed E-state index contributed by atoms with van der Waals surface area (Å²) in [6.07, 6.45) is 6.97. The highest BCUT2D eigenvalue weighted by molar-refractivity contribution is 5.78. The largest absolute Gasteiger partial charge is 0.376 e. The van der Waals surface area contributed by atoms with Gasteiger partial charge in [0.2, 0.25) is 5.91 Å². The van der Waals surface area contributed by atoms with Crippen LogP contribution in [0.15, 0.2) is 0 Å². The minimum Gasteiger partial charge on any atom is -0.376 e. The fourth-order valence-corrected chi connectivity index (χ4v) is 3.86. The topological polar surface area (TPSA) is 41.6 Å². The van der Waals surface area contributed by atoms with Crippen LogP contribution in [0, 0.1) is 11.3 Å². The van der Waals surface area contributed by atoms with E-state index < -0.39 is 0 Å². The Balaban J connectivity index is 1.45. The van der Waals surface area contributed by atoms with Gasteiger partial charge >= 0.3 is 0 Å². The van der Waals surface area contributed by atoms with Crippen molar-refractivity contribution in [3.05, 3.63) is 0 Å². The van der Waals surface area contributed by atoms with Crippen molar-refractivity contribution >= 4 is 5.91 Å². The van der Waals surface area contributed by atoms with Crippen molar-refractivity contribution < 1.29 is 9.53 Å². The number of nitrogens with zero attached hydrogens (tertiary/aromatic N) is 1. The lowest BCUT2D eigenvalue weighted by Gasteiger charge is -2.35. The van der Waals surface area contributed by atoms with Crippen LogP contribution in [0.3, 0.4) is 0 Å². The number of ether oxygens (including phenoxy) is 1. The van der Waals surface area contributed by atoms with Gasteiger partial charge in [0.05, 0.1) is 5.60 Å². The van der Waals surface area contributed by atoms with Gasteiger partial charge in [-0.15, -0.1) is 0 Å². The van der Waals surface area contributed by atoms with Gasteiger partial charge in [0.1, 0.15) is 0 Å². The molecule has 3 rings (SSSR count). The molecule has 1 atom stereocenters. The van der Waals surface area contributed by atoms with E-state index in [0.29, 0.717) is 12.0 Å². The normalized spacial score (nSPS) is 31.0. The van der Waals surface area contributed by atoms with E-state index in [1.165, 1.54) is 45.3 Å². The van der Waals surface area contributed by atoms with Crippen molar-refractivity contribution in [2.75, 3.05) is 32.8 Å². The molecule has 2 aliphatic heterocycles. The summed E-state index contributed by atoms with van der Waals surface area (Å²) < 4.78 is 5.71. The Kier molecular flexibility index (Phi) is 4.28. The van der Waals surface area contributed by atoms with Crippen molar-refractivity contribution in [1.29, 1.82) is 0 Å². The van der Waals surface area contributed by atoms with Crippen molar-refractivity contribution in [2.24, 2.45) is 11.3 Å². The average Bonchev–Trinajstić information content (AvgIpc) is 2.99. The minimum absolute atomic E-state index is 0.135. The first-order valence-corrected chi connectivity index (χ1v) is 8.62. The minimum atomic E-state index is -0.146. The molecule has 3 aliphatic rings. The van der Waals surface area contributed by atoms with Gasteiger partial charge < -0.3 is 15.0 Å². The second kappa shape index (κ2) is 5.88. The number of carbonyl (C=O) groups excluding carboxylic acids is 1. The van der Waals surface area contributed by atoms with E-state index in [1.54, 1.807) is 0 Å². The molecule has 0 radical (unpaired) electrons. The summed E-state index contributed by atoms with van der Waals surface area (Å²) in [5.41, 5.74) is 0.244. The van der Waals surface area contributed by atoms with Crippen LogP contribution in [0.5, 0.6) is 0 Å². The van der Waals surface area contributed by atoms with Crippen LogP contribution in [0.1, 0.15) is 52.4 Å². The number of carbonyl (C=O) groups is 1. The van der Waals surface area contributed by atoms with Gasteiger partial charge in [-0.05, 0) is 65.5 Å². The van der Waals surface area contributed by atoms with Crippen molar-refractivity contribution in [2.45, 2.75) is 58.0 Å². The predicted molar refractivity (Wildman–Crippen MR) is 83.1 cm³/mol. The SMILES string of the molecule is CC1(C)C[C@H](C(=O)NCC2(CN3CCCC3)CC2)CCO1. The number of rotatable bonds is 5. The molecule has 0 bridgehead atoms. The Labute approximate surface area is 128 Å². The Morgan fingerprint density at radius 3 is 2.62 bits per heavy atom. The van der Waals surface area contributed by atoms with Gasteiger partial charge in [0, 0.05) is 31.0 Å². The van der Waals surface area contributed by atoms with Crippen LogP contribution < -0.4 is 5.32 Å². The lowest BCUT2D eigenvalue weighted by Crippen LogP contribution is -2.44. The number of hydrogen-bond donors (Lipinski definition) is 1. The van der Waals surface area contributed by atoms with E-state index in [2.05, 4.69) is 24.1 Å². The number of amides is 1. The lowest BCUT2D eigenvalue weighted by atomic mass is 9.87. The highest BCUT2D eigenvalue weighted by Crippen LogP contribution is 2.46. The molecule has 21 heavy (non-hydrogen) atoms. The Bertz CT molecular complexity index is 384. The maximum atomic E-state index is 12.4. The smallest absolute Gasteiger partial charge is 0.223 e. The molecule has 1 N–H and O–H groups in total. The lowest BCUT2D eigenvalue weighted by molar-refractivity contribution is -0.135. The van der Waals surface area contributed by atoms with E-state index in [9.17, 15) is 4.79 Å². The summed E-state index contributed by atoms with van der Waals surface area (Å²) in [7, 11) is 0. The van der Waals surface area contributed by atoms with Gasteiger partial charge in [-0.3, -0.25) is 4.79 Å². The summed E-state index contributed by atoms with van der Waals surface area (Å²) >= 11 is 0. The molecular weight excluding hydrogens is 264 g/mol. The van der Waals surface area contributed by atoms with Gasteiger partial charge in [0.25, 0.3) is 0 Å². The first kappa shape index (κ1) is 15.3. The third kappa shape index (κ3) is 3.98. The average molecular weight is 294 g/mol. The molecule has 0 aromatic heterocycles. The molecule has 0 unspecified atom stereocenters. The van der Waals surface area contributed by atoms with Gasteiger partial charge in [0.15, 0.2) is 0 Å². The molecule has 1 aliphatic carbocycles. The zero-order valence-electron chi connectivity index (χ0n) is 13.6. The van der Waals surface area contributed by atoms with E-state index >= 15 is 0 Å². The summed E-state index contributed by atoms with van der Waals surface area (Å²) in [6.45, 7) is 9.45. The van der Waals surface area contributed by atoms with Gasteiger partial charge in [-0.2, -0.15) is 0 Å². The molecular formula is C17H30N2O2. The fourth-order valence-electron chi connectivity index (χ4n) is 3.86. The summed E-state index contributed by atoms with van der Waals surface area (Å²) in [5.74, 6) is 0.385. The molecule has 120 valence electrons. The Morgan fingerprint density at radius 2 is 2.00 bits per heavy atom. The molecule has 2 heterocycles. The van der Waals surface area contributed by atoms with Crippen LogP contribution in [-0.2, 0) is 9.53 Å². The van der Waals surface area contributed by atoms with Crippen LogP contribution in [0.25, 0.3) is 0 Å². The Hall–Kier alpha value is -0.610. The molecule has 1 amide bonds. The summed E-state index contributed by atoms with van der Waals surface area (Å²) in [5, 5.41) is 3.25. The van der Waals surface area contributed by atoms with Gasteiger partial charge in [-0.1, -0.05) is 0 Å². The molecule has 4 nitrogen and oxygen atoms in total. The third-order valence-electron chi connectivity index (χ3n) is 5.42. The predicted octanol–water partition coefficient (Wildman–Crippen LogP) is 2.18. The number of hydrogen-bond acceptors (Lipinski definition) is 3. The van der Waals surface area contributed by atoms with E-state index in [1.807, 2.05) is 0 Å². The van der Waals surface area contributed by atoms with Crippen LogP contribution in [0.4, 0.5) is 0 Å². The molecule has 1 saturated carbocycles. The highest BCUT2D eigenvalue weighted by Gasteiger charge is 2.44. The first-order valence-electron chi connectivity index (χ1n) is 8.62. The maximum Gasteiger partial charge on any atom is 0.223 e. The second-order valence-corrected chi connectivity index (χ2v) is 8.00. The van der Waals surface area contributed by atoms with Crippen LogP contribution >= 0.6 is 0 Å². The third-order valence-corrected chi connectivity index (χ3v) is 5.42. The monoisotopic (exact) mass is 294 g/mol. The maximum absolute atomic E-state index is 12.4. The zero-order valence-corrected chi connectivity index (χ0v) is 13.6. The zero-order chi connectivity index (χ0) is 14.9. The van der Waals surface area contributed by atoms with Crippen molar-refractivity contribution in [3.63, 3.8) is 0 Å². The molecule has 0 aromatic carbocycles. The van der Waals surface area contributed by atoms with Crippen molar-refractivity contribution in [3.8, 4) is 0 Å². The van der Waals surface area contributed by atoms with E-state index in [-0.39, 0.29) is 17.4 Å². The standard InChI is InChI=1S/C17H30N2O2/c1-16(2)11-14(5-10-21-16)15(20)18-12-17(6-7-17)13-19-8-3-4-9-19/h14H,3-13H2,1-2H3,(H,18,20)/t14-/m1/s1. The number of likely N-dealkylation sites (tertiary alicyclic amines) is 1. The Morgan fingerprint density at radius 1 is 1.29 bits per heavy atom. The van der Waals surface area contributed by atoms with Gasteiger partial charge in [-0.25, -0.2) is 0 Å². The number of nitrogens with one attached hydrogen (secondary N) is 1. The molecule has 0 aromatic rings. The van der Waals surface area contributed by atoms with Crippen LogP contribution in [0.2, 0.25) is 0 Å². The van der Waals surface area contributed by atoms with E-state index in [4.69, 9.17) is 4.74 Å². The second-order valence-electron chi connectivity index (χ2n) is 8.00. The first-order chi connectivity index (χ1) is 9.98. The molecule has 4 heteroatoms. The van der Waals surface area contributed by atoms with Crippen LogP contribution in [-0.4, -0.2) is 49.2 Å². The molecule has 0 spiro atoms. The fraction of sp³-hybridized carbons (Fsp3) is 0.941. The highest BCUT2D eigenvalue weighted by atomic mass is 16.5. The quantitative estimate of drug-likeness (QED) is 0.845. The molecule has 2 saturated heterocycles. The molecule has 3 fully saturated rings. The summed E-state index contributed by atoms with van der Waals surface area (Å²) in [6, 6.07) is 0. The summed E-state index contributed by atoms with van der Waals surface area (Å²) in [4.78, 5) is 15.0. The van der Waals surface area contributed by atoms with Crippen molar-refractivity contribution in [1.82, 2.24) is 10.2 Å².